The van der Waals surface area contributed by atoms with Gasteiger partial charge in [0.25, 0.3) is 0 Å². The van der Waals surface area contributed by atoms with Gasteiger partial charge in [0.2, 0.25) is 5.91 Å². The topological polar surface area (TPSA) is 69.6 Å². The Bertz CT molecular complexity index is 831. The number of rotatable bonds is 7. The molecular formula is C22H32IN5OS. The quantitative estimate of drug-likeness (QED) is 0.314. The van der Waals surface area contributed by atoms with Crippen LogP contribution < -0.4 is 10.6 Å². The fourth-order valence-corrected chi connectivity index (χ4v) is 4.66. The number of benzene rings is 1. The molecule has 1 heterocycles. The van der Waals surface area contributed by atoms with Crippen molar-refractivity contribution < 1.29 is 4.79 Å². The Kier molecular flexibility index (Phi) is 9.54. The minimum atomic E-state index is -0.319. The molecule has 2 N–H and O–H groups in total. The Balaban J connectivity index is 0.00000320. The van der Waals surface area contributed by atoms with Crippen LogP contribution in [0.3, 0.4) is 0 Å². The lowest BCUT2D eigenvalue weighted by atomic mass is 9.84. The Labute approximate surface area is 200 Å². The Morgan fingerprint density at radius 2 is 1.90 bits per heavy atom. The van der Waals surface area contributed by atoms with Gasteiger partial charge in [0.1, 0.15) is 5.01 Å². The van der Waals surface area contributed by atoms with Gasteiger partial charge in [-0.25, -0.2) is 9.98 Å². The molecule has 1 aromatic heterocycles. The van der Waals surface area contributed by atoms with Gasteiger partial charge < -0.3 is 15.5 Å². The van der Waals surface area contributed by atoms with Gasteiger partial charge in [-0.15, -0.1) is 35.3 Å². The second kappa shape index (κ2) is 11.6. The molecular weight excluding hydrogens is 509 g/mol. The molecule has 0 aliphatic heterocycles. The molecule has 1 saturated carbocycles. The lowest BCUT2D eigenvalue weighted by Gasteiger charge is -2.31. The van der Waals surface area contributed by atoms with E-state index in [1.807, 2.05) is 39.2 Å². The first-order chi connectivity index (χ1) is 14.0. The van der Waals surface area contributed by atoms with E-state index in [0.717, 1.165) is 54.5 Å². The molecule has 8 heteroatoms. The first kappa shape index (κ1) is 24.6. The lowest BCUT2D eigenvalue weighted by molar-refractivity contribution is -0.138. The predicted octanol–water partition coefficient (Wildman–Crippen LogP) is 4.13. The maximum atomic E-state index is 12.8. The van der Waals surface area contributed by atoms with Gasteiger partial charge in [0.05, 0.1) is 17.7 Å². The zero-order chi connectivity index (χ0) is 20.7. The molecule has 1 fully saturated rings. The third kappa shape index (κ3) is 6.16. The standard InChI is InChI=1S/C22H31N5OS.HI/c1-4-23-21(25-16-22(12-8-9-13-22)20(28)27(2)3)24-14-18-15-29-19(26-18)17-10-6-5-7-11-17;/h5-7,10-11,15H,4,8-9,12-14,16H2,1-3H3,(H2,23,24,25);1H. The molecule has 30 heavy (non-hydrogen) atoms. The number of guanidine groups is 1. The number of amides is 1. The van der Waals surface area contributed by atoms with Crippen LogP contribution in [0.2, 0.25) is 0 Å². The van der Waals surface area contributed by atoms with Crippen LogP contribution in [0.15, 0.2) is 40.7 Å². The molecule has 1 aliphatic rings. The zero-order valence-corrected chi connectivity index (χ0v) is 21.1. The van der Waals surface area contributed by atoms with E-state index in [1.165, 1.54) is 0 Å². The molecule has 0 spiro atoms. The number of thiazole rings is 1. The highest BCUT2D eigenvalue weighted by Gasteiger charge is 2.42. The average Bonchev–Trinajstić information content (AvgIpc) is 3.40. The maximum absolute atomic E-state index is 12.8. The van der Waals surface area contributed by atoms with E-state index in [2.05, 4.69) is 28.1 Å². The van der Waals surface area contributed by atoms with Crippen molar-refractivity contribution in [2.75, 3.05) is 27.2 Å². The summed E-state index contributed by atoms with van der Waals surface area (Å²) in [5.74, 6) is 0.949. The van der Waals surface area contributed by atoms with E-state index in [1.54, 1.807) is 16.2 Å². The van der Waals surface area contributed by atoms with Crippen molar-refractivity contribution in [3.05, 3.63) is 41.4 Å². The first-order valence-corrected chi connectivity index (χ1v) is 11.2. The second-order valence-electron chi connectivity index (χ2n) is 7.75. The summed E-state index contributed by atoms with van der Waals surface area (Å²) < 4.78 is 0. The number of carbonyl (C=O) groups is 1. The highest BCUT2D eigenvalue weighted by molar-refractivity contribution is 14.0. The fraction of sp³-hybridized carbons (Fsp3) is 0.500. The largest absolute Gasteiger partial charge is 0.357 e. The van der Waals surface area contributed by atoms with Crippen LogP contribution in [-0.2, 0) is 11.3 Å². The Morgan fingerprint density at radius 1 is 1.20 bits per heavy atom. The summed E-state index contributed by atoms with van der Waals surface area (Å²) in [6, 6.07) is 10.2. The third-order valence-electron chi connectivity index (χ3n) is 5.33. The van der Waals surface area contributed by atoms with Crippen LogP contribution in [0.25, 0.3) is 10.6 Å². The summed E-state index contributed by atoms with van der Waals surface area (Å²) in [6.07, 6.45) is 4.08. The number of aromatic nitrogens is 1. The number of carbonyl (C=O) groups excluding carboxylic acids is 1. The molecule has 1 amide bonds. The minimum Gasteiger partial charge on any atom is -0.357 e. The van der Waals surface area contributed by atoms with Gasteiger partial charge in [0.15, 0.2) is 5.96 Å². The van der Waals surface area contributed by atoms with E-state index < -0.39 is 0 Å². The molecule has 0 unspecified atom stereocenters. The molecule has 0 bridgehead atoms. The van der Waals surface area contributed by atoms with Crippen LogP contribution >= 0.6 is 35.3 Å². The molecule has 164 valence electrons. The predicted molar refractivity (Wildman–Crippen MR) is 135 cm³/mol. The maximum Gasteiger partial charge on any atom is 0.230 e. The van der Waals surface area contributed by atoms with Crippen molar-refractivity contribution in [1.29, 1.82) is 0 Å². The molecule has 0 atom stereocenters. The lowest BCUT2D eigenvalue weighted by Crippen LogP contribution is -2.49. The summed E-state index contributed by atoms with van der Waals surface area (Å²) in [5, 5.41) is 9.77. The zero-order valence-electron chi connectivity index (χ0n) is 18.0. The molecule has 0 radical (unpaired) electrons. The summed E-state index contributed by atoms with van der Waals surface area (Å²) >= 11 is 1.64. The molecule has 2 aromatic rings. The third-order valence-corrected chi connectivity index (χ3v) is 6.27. The monoisotopic (exact) mass is 541 g/mol. The number of nitrogens with one attached hydrogen (secondary N) is 2. The van der Waals surface area contributed by atoms with Crippen molar-refractivity contribution in [3.8, 4) is 10.6 Å². The Hall–Kier alpha value is -1.68. The van der Waals surface area contributed by atoms with Crippen LogP contribution in [0.5, 0.6) is 0 Å². The fourth-order valence-electron chi connectivity index (χ4n) is 3.84. The molecule has 0 saturated heterocycles. The SMILES string of the molecule is CCNC(=NCc1csc(-c2ccccc2)n1)NCC1(C(=O)N(C)C)CCCC1.I. The van der Waals surface area contributed by atoms with Gasteiger partial charge in [-0.2, -0.15) is 0 Å². The summed E-state index contributed by atoms with van der Waals surface area (Å²) in [5.41, 5.74) is 1.76. The number of hydrogen-bond donors (Lipinski definition) is 2. The van der Waals surface area contributed by atoms with Gasteiger partial charge in [-0.05, 0) is 19.8 Å². The average molecular weight is 542 g/mol. The summed E-state index contributed by atoms with van der Waals surface area (Å²) in [4.78, 5) is 23.9. The normalized spacial score (nSPS) is 15.4. The van der Waals surface area contributed by atoms with E-state index in [0.29, 0.717) is 13.1 Å². The highest BCUT2D eigenvalue weighted by atomic mass is 127. The summed E-state index contributed by atoms with van der Waals surface area (Å²) in [7, 11) is 3.68. The minimum absolute atomic E-state index is 0. The van der Waals surface area contributed by atoms with Gasteiger partial charge in [-0.3, -0.25) is 4.79 Å². The van der Waals surface area contributed by atoms with E-state index in [-0.39, 0.29) is 35.3 Å². The smallest absolute Gasteiger partial charge is 0.230 e. The highest BCUT2D eigenvalue weighted by Crippen LogP contribution is 2.38. The van der Waals surface area contributed by atoms with Gasteiger partial charge in [-0.1, -0.05) is 43.2 Å². The van der Waals surface area contributed by atoms with Crippen LogP contribution in [-0.4, -0.2) is 48.9 Å². The van der Waals surface area contributed by atoms with Crippen molar-refractivity contribution in [3.63, 3.8) is 0 Å². The first-order valence-electron chi connectivity index (χ1n) is 10.3. The molecule has 3 rings (SSSR count). The van der Waals surface area contributed by atoms with Crippen LogP contribution in [0.4, 0.5) is 0 Å². The summed E-state index contributed by atoms with van der Waals surface area (Å²) in [6.45, 7) is 3.94. The van der Waals surface area contributed by atoms with Crippen LogP contribution in [0, 0.1) is 5.41 Å². The second-order valence-corrected chi connectivity index (χ2v) is 8.60. The molecule has 1 aromatic carbocycles. The van der Waals surface area contributed by atoms with Crippen molar-refractivity contribution in [2.24, 2.45) is 10.4 Å². The molecule has 6 nitrogen and oxygen atoms in total. The van der Waals surface area contributed by atoms with Crippen LogP contribution in [0.1, 0.15) is 38.3 Å². The van der Waals surface area contributed by atoms with E-state index in [9.17, 15) is 4.79 Å². The van der Waals surface area contributed by atoms with Crippen molar-refractivity contribution in [1.82, 2.24) is 20.5 Å². The van der Waals surface area contributed by atoms with E-state index >= 15 is 0 Å². The number of halogens is 1. The van der Waals surface area contributed by atoms with Gasteiger partial charge >= 0.3 is 0 Å². The molecule has 1 aliphatic carbocycles. The Morgan fingerprint density at radius 3 is 2.53 bits per heavy atom. The van der Waals surface area contributed by atoms with Crippen molar-refractivity contribution in [2.45, 2.75) is 39.2 Å². The van der Waals surface area contributed by atoms with Gasteiger partial charge in [0, 0.05) is 38.1 Å². The number of hydrogen-bond acceptors (Lipinski definition) is 4. The number of nitrogens with zero attached hydrogens (tertiary/aromatic N) is 3. The van der Waals surface area contributed by atoms with E-state index in [4.69, 9.17) is 9.98 Å². The van der Waals surface area contributed by atoms with Crippen molar-refractivity contribution >= 4 is 47.2 Å². The number of aliphatic imine (C=N–C) groups is 1.